The zero-order valence-corrected chi connectivity index (χ0v) is 30.5. The minimum atomic E-state index is -0.554. The van der Waals surface area contributed by atoms with Gasteiger partial charge in [-0.3, -0.25) is 9.80 Å². The second-order valence-electron chi connectivity index (χ2n) is 16.2. The lowest BCUT2D eigenvalue weighted by molar-refractivity contribution is 0.00857. The number of likely N-dealkylation sites (tertiary alicyclic amines) is 2. The number of aromatic nitrogens is 4. The summed E-state index contributed by atoms with van der Waals surface area (Å²) in [5, 5.41) is 0. The Morgan fingerprint density at radius 2 is 1.40 bits per heavy atom. The molecule has 2 atom stereocenters. The zero-order chi connectivity index (χ0) is 35.4. The molecule has 0 radical (unpaired) electrons. The van der Waals surface area contributed by atoms with Gasteiger partial charge in [0.25, 0.3) is 0 Å². The summed E-state index contributed by atoms with van der Waals surface area (Å²) in [4.78, 5) is 46.2. The monoisotopic (exact) mass is 678 g/mol. The second-order valence-corrected chi connectivity index (χ2v) is 16.2. The van der Waals surface area contributed by atoms with Crippen LogP contribution in [0.4, 0.5) is 9.59 Å². The first kappa shape index (κ1) is 33.9. The molecule has 2 saturated heterocycles. The van der Waals surface area contributed by atoms with E-state index in [9.17, 15) is 9.59 Å². The molecule has 0 saturated carbocycles. The molecule has 4 aromatic rings. The number of H-pyrrole nitrogens is 2. The molecule has 10 nitrogen and oxygen atoms in total. The topological polar surface area (TPSA) is 116 Å². The zero-order valence-electron chi connectivity index (χ0n) is 30.5. The molecule has 2 fully saturated rings. The highest BCUT2D eigenvalue weighted by Gasteiger charge is 2.45. The van der Waals surface area contributed by atoms with E-state index in [0.717, 1.165) is 73.5 Å². The van der Waals surface area contributed by atoms with Crippen molar-refractivity contribution in [1.29, 1.82) is 0 Å². The van der Waals surface area contributed by atoms with E-state index in [0.29, 0.717) is 13.1 Å². The highest BCUT2D eigenvalue weighted by atomic mass is 16.6. The number of aromatic amines is 2. The smallest absolute Gasteiger partial charge is 0.411 e. The number of rotatable bonds is 5. The standard InChI is InChI=1S/C40H50N6O4/c1-38(2,3)49-36(47)45-21-9-13-33(45)34-41-24-32(43-34)30-19-18-27(28-11-8-12-29(28)30)25-14-16-26(17-15-25)31-23-42-35(44-31)40(7)20-10-22-46(40)37(48)50-39(4,5)6/h14-19,23-24,33H,8-13,20-22H2,1-7H3,(H,41,43)(H,42,44)/t33-,40-/m0/s1. The van der Waals surface area contributed by atoms with Crippen LogP contribution >= 0.6 is 0 Å². The molecular weight excluding hydrogens is 628 g/mol. The Hall–Kier alpha value is -4.60. The molecule has 2 N–H and O–H groups in total. The fourth-order valence-electron chi connectivity index (χ4n) is 7.85. The van der Waals surface area contributed by atoms with Crippen molar-refractivity contribution in [2.45, 2.75) is 116 Å². The lowest BCUT2D eigenvalue weighted by atomic mass is 9.92. The Labute approximate surface area is 295 Å². The molecule has 0 unspecified atom stereocenters. The van der Waals surface area contributed by atoms with Crippen molar-refractivity contribution < 1.29 is 19.1 Å². The van der Waals surface area contributed by atoms with Crippen molar-refractivity contribution in [1.82, 2.24) is 29.7 Å². The number of carbonyl (C=O) groups is 2. The number of hydrogen-bond acceptors (Lipinski definition) is 6. The molecule has 2 aliphatic heterocycles. The van der Waals surface area contributed by atoms with Crippen LogP contribution in [0.5, 0.6) is 0 Å². The van der Waals surface area contributed by atoms with Gasteiger partial charge < -0.3 is 19.4 Å². The molecular formula is C40H50N6O4. The van der Waals surface area contributed by atoms with Crippen molar-refractivity contribution in [3.63, 3.8) is 0 Å². The van der Waals surface area contributed by atoms with Gasteiger partial charge in [-0.15, -0.1) is 0 Å². The van der Waals surface area contributed by atoms with Gasteiger partial charge in [-0.1, -0.05) is 36.4 Å². The number of nitrogens with zero attached hydrogens (tertiary/aromatic N) is 4. The molecule has 2 aromatic heterocycles. The van der Waals surface area contributed by atoms with E-state index >= 15 is 0 Å². The number of benzene rings is 2. The normalized spacial score (nSPS) is 20.7. The van der Waals surface area contributed by atoms with Crippen LogP contribution in [0.25, 0.3) is 33.6 Å². The first-order valence-corrected chi connectivity index (χ1v) is 18.1. The van der Waals surface area contributed by atoms with E-state index in [-0.39, 0.29) is 18.2 Å². The van der Waals surface area contributed by atoms with Gasteiger partial charge in [-0.25, -0.2) is 19.6 Å². The third-order valence-corrected chi connectivity index (χ3v) is 10.2. The maximum Gasteiger partial charge on any atom is 0.411 e. The highest BCUT2D eigenvalue weighted by Crippen LogP contribution is 2.41. The van der Waals surface area contributed by atoms with Crippen LogP contribution in [0.1, 0.15) is 109 Å². The van der Waals surface area contributed by atoms with E-state index < -0.39 is 16.7 Å². The minimum absolute atomic E-state index is 0.111. The van der Waals surface area contributed by atoms with E-state index in [1.165, 1.54) is 27.8 Å². The predicted molar refractivity (Wildman–Crippen MR) is 194 cm³/mol. The van der Waals surface area contributed by atoms with Crippen molar-refractivity contribution in [2.24, 2.45) is 0 Å². The van der Waals surface area contributed by atoms with Gasteiger partial charge >= 0.3 is 12.2 Å². The van der Waals surface area contributed by atoms with Crippen molar-refractivity contribution in [3.8, 4) is 33.6 Å². The molecule has 7 rings (SSSR count). The van der Waals surface area contributed by atoms with Gasteiger partial charge in [0.15, 0.2) is 0 Å². The Bertz CT molecular complexity index is 1900. The number of imidazole rings is 2. The first-order valence-electron chi connectivity index (χ1n) is 18.1. The van der Waals surface area contributed by atoms with Gasteiger partial charge in [-0.2, -0.15) is 0 Å². The number of fused-ring (bicyclic) bond motifs is 1. The van der Waals surface area contributed by atoms with E-state index in [1.54, 1.807) is 0 Å². The van der Waals surface area contributed by atoms with Gasteiger partial charge in [-0.05, 0) is 121 Å². The molecule has 264 valence electrons. The second kappa shape index (κ2) is 12.6. The van der Waals surface area contributed by atoms with E-state index in [2.05, 4.69) is 53.3 Å². The average Bonchev–Trinajstić information content (AvgIpc) is 3.88. The van der Waals surface area contributed by atoms with E-state index in [1.807, 2.05) is 63.7 Å². The summed E-state index contributed by atoms with van der Waals surface area (Å²) in [6, 6.07) is 13.0. The fraction of sp³-hybridized carbons (Fsp3) is 0.500. The number of nitrogens with one attached hydrogen (secondary N) is 2. The highest BCUT2D eigenvalue weighted by molar-refractivity contribution is 5.78. The summed E-state index contributed by atoms with van der Waals surface area (Å²) in [7, 11) is 0. The molecule has 2 amide bonds. The van der Waals surface area contributed by atoms with Crippen LogP contribution in [0.2, 0.25) is 0 Å². The number of amides is 2. The molecule has 50 heavy (non-hydrogen) atoms. The Morgan fingerprint density at radius 1 is 0.760 bits per heavy atom. The lowest BCUT2D eigenvalue weighted by Crippen LogP contribution is -2.46. The van der Waals surface area contributed by atoms with Gasteiger partial charge in [0.1, 0.15) is 28.4 Å². The minimum Gasteiger partial charge on any atom is -0.444 e. The van der Waals surface area contributed by atoms with Crippen LogP contribution in [-0.4, -0.2) is 66.2 Å². The number of carbonyl (C=O) groups excluding carboxylic acids is 2. The summed E-state index contributed by atoms with van der Waals surface area (Å²) in [5.74, 6) is 1.59. The SMILES string of the molecule is CC(C)(C)OC(=O)N1CCC[C@H]1c1ncc(-c2ccc(-c3ccc(-c4cnc([C@]5(C)CCCN5C(=O)OC(C)(C)C)[nH]4)cc3)c3c2CCC3)[nH]1. The van der Waals surface area contributed by atoms with Crippen molar-refractivity contribution >= 4 is 12.2 Å². The molecule has 0 spiro atoms. The van der Waals surface area contributed by atoms with Crippen LogP contribution in [0.3, 0.4) is 0 Å². The van der Waals surface area contributed by atoms with E-state index in [4.69, 9.17) is 19.4 Å². The van der Waals surface area contributed by atoms with Crippen molar-refractivity contribution in [2.75, 3.05) is 13.1 Å². The largest absolute Gasteiger partial charge is 0.444 e. The molecule has 3 aliphatic rings. The van der Waals surface area contributed by atoms with Gasteiger partial charge in [0.2, 0.25) is 0 Å². The summed E-state index contributed by atoms with van der Waals surface area (Å²) >= 11 is 0. The van der Waals surface area contributed by atoms with Crippen LogP contribution in [0.15, 0.2) is 48.8 Å². The molecule has 2 aromatic carbocycles. The molecule has 4 heterocycles. The molecule has 0 bridgehead atoms. The first-order chi connectivity index (χ1) is 23.7. The third-order valence-electron chi connectivity index (χ3n) is 10.2. The van der Waals surface area contributed by atoms with Crippen LogP contribution < -0.4 is 0 Å². The quantitative estimate of drug-likeness (QED) is 0.218. The summed E-state index contributed by atoms with van der Waals surface area (Å²) < 4.78 is 11.4. The van der Waals surface area contributed by atoms with Crippen molar-refractivity contribution in [3.05, 3.63) is 71.6 Å². The summed E-state index contributed by atoms with van der Waals surface area (Å²) in [6.07, 6.45) is 9.89. The van der Waals surface area contributed by atoms with Crippen LogP contribution in [-0.2, 0) is 27.9 Å². The molecule has 10 heteroatoms. The lowest BCUT2D eigenvalue weighted by Gasteiger charge is -2.34. The average molecular weight is 679 g/mol. The maximum absolute atomic E-state index is 13.0. The summed E-state index contributed by atoms with van der Waals surface area (Å²) in [5.41, 5.74) is 7.71. The number of hydrogen-bond donors (Lipinski definition) is 2. The maximum atomic E-state index is 13.0. The van der Waals surface area contributed by atoms with Crippen LogP contribution in [0, 0.1) is 0 Å². The van der Waals surface area contributed by atoms with Gasteiger partial charge in [0.05, 0.1) is 29.8 Å². The summed E-state index contributed by atoms with van der Waals surface area (Å²) in [6.45, 7) is 14.8. The van der Waals surface area contributed by atoms with Gasteiger partial charge in [0, 0.05) is 18.7 Å². The fourth-order valence-corrected chi connectivity index (χ4v) is 7.85. The Balaban J connectivity index is 1.09. The molecule has 1 aliphatic carbocycles. The number of ether oxygens (including phenoxy) is 2. The Kier molecular flexibility index (Phi) is 8.55. The Morgan fingerprint density at radius 3 is 2.12 bits per heavy atom. The predicted octanol–water partition coefficient (Wildman–Crippen LogP) is 8.94. The third kappa shape index (κ3) is 6.52.